The van der Waals surface area contributed by atoms with E-state index in [1.165, 1.54) is 5.56 Å². The monoisotopic (exact) mass is 318 g/mol. The van der Waals surface area contributed by atoms with Gasteiger partial charge < -0.3 is 15.4 Å². The Morgan fingerprint density at radius 1 is 1.39 bits per heavy atom. The van der Waals surface area contributed by atoms with Gasteiger partial charge in [-0.25, -0.2) is 0 Å². The van der Waals surface area contributed by atoms with E-state index in [0.29, 0.717) is 0 Å². The van der Waals surface area contributed by atoms with Crippen LogP contribution in [-0.4, -0.2) is 35.5 Å². The standard InChI is InChI=1S/C19H30N2O2/c1-13-11-16(20)9-10-21(13)18(22)14(2)23-17-8-6-7-15(12-17)19(3,4)5/h6-8,12-14,16H,9-11,20H2,1-5H3/t13-,14-,16+/m0/s1. The van der Waals surface area contributed by atoms with Gasteiger partial charge in [-0.1, -0.05) is 32.9 Å². The lowest BCUT2D eigenvalue weighted by atomic mass is 9.87. The number of amides is 1. The Morgan fingerprint density at radius 2 is 2.09 bits per heavy atom. The smallest absolute Gasteiger partial charge is 0.263 e. The SMILES string of the molecule is C[C@H](Oc1cccc(C(C)(C)C)c1)C(=O)N1CC[C@@H](N)C[C@@H]1C. The molecule has 0 bridgehead atoms. The van der Waals surface area contributed by atoms with Gasteiger partial charge in [0.1, 0.15) is 5.75 Å². The number of benzene rings is 1. The van der Waals surface area contributed by atoms with Crippen molar-refractivity contribution in [2.75, 3.05) is 6.54 Å². The maximum absolute atomic E-state index is 12.7. The predicted octanol–water partition coefficient (Wildman–Crippen LogP) is 3.09. The minimum absolute atomic E-state index is 0.0468. The van der Waals surface area contributed by atoms with Crippen molar-refractivity contribution in [1.29, 1.82) is 0 Å². The summed E-state index contributed by atoms with van der Waals surface area (Å²) in [6.45, 7) is 11.1. The van der Waals surface area contributed by atoms with Crippen molar-refractivity contribution >= 4 is 5.91 Å². The number of likely N-dealkylation sites (tertiary alicyclic amines) is 1. The van der Waals surface area contributed by atoms with Crippen molar-refractivity contribution in [3.63, 3.8) is 0 Å². The Morgan fingerprint density at radius 3 is 2.70 bits per heavy atom. The first-order chi connectivity index (χ1) is 10.7. The Bertz CT molecular complexity index is 551. The first-order valence-electron chi connectivity index (χ1n) is 8.51. The van der Waals surface area contributed by atoms with E-state index in [9.17, 15) is 4.79 Å². The van der Waals surface area contributed by atoms with Crippen LogP contribution < -0.4 is 10.5 Å². The van der Waals surface area contributed by atoms with Crippen molar-refractivity contribution in [2.45, 2.75) is 71.1 Å². The maximum atomic E-state index is 12.7. The molecule has 4 nitrogen and oxygen atoms in total. The molecule has 0 saturated carbocycles. The van der Waals surface area contributed by atoms with Crippen LogP contribution in [0.15, 0.2) is 24.3 Å². The van der Waals surface area contributed by atoms with E-state index in [4.69, 9.17) is 10.5 Å². The van der Waals surface area contributed by atoms with E-state index < -0.39 is 6.10 Å². The highest BCUT2D eigenvalue weighted by molar-refractivity contribution is 5.81. The zero-order chi connectivity index (χ0) is 17.2. The fourth-order valence-electron chi connectivity index (χ4n) is 3.06. The Kier molecular flexibility index (Phi) is 5.35. The molecule has 4 heteroatoms. The van der Waals surface area contributed by atoms with Crippen molar-refractivity contribution in [3.8, 4) is 5.75 Å². The maximum Gasteiger partial charge on any atom is 0.263 e. The minimum atomic E-state index is -0.484. The largest absolute Gasteiger partial charge is 0.481 e. The molecule has 128 valence electrons. The molecule has 2 N–H and O–H groups in total. The first-order valence-corrected chi connectivity index (χ1v) is 8.51. The summed E-state index contributed by atoms with van der Waals surface area (Å²) >= 11 is 0. The summed E-state index contributed by atoms with van der Waals surface area (Å²) in [5.74, 6) is 0.796. The summed E-state index contributed by atoms with van der Waals surface area (Å²) < 4.78 is 5.92. The van der Waals surface area contributed by atoms with E-state index in [2.05, 4.69) is 33.8 Å². The van der Waals surface area contributed by atoms with Gasteiger partial charge in [0.15, 0.2) is 6.10 Å². The third-order valence-corrected chi connectivity index (χ3v) is 4.56. The average Bonchev–Trinajstić information content (AvgIpc) is 2.46. The van der Waals surface area contributed by atoms with Crippen LogP contribution in [0.25, 0.3) is 0 Å². The molecule has 0 aliphatic carbocycles. The van der Waals surface area contributed by atoms with Crippen LogP contribution in [0.3, 0.4) is 0 Å². The Balaban J connectivity index is 2.04. The van der Waals surface area contributed by atoms with Gasteiger partial charge in [-0.05, 0) is 49.8 Å². The highest BCUT2D eigenvalue weighted by Gasteiger charge is 2.30. The number of piperidine rings is 1. The number of carbonyl (C=O) groups is 1. The lowest BCUT2D eigenvalue weighted by molar-refractivity contribution is -0.141. The van der Waals surface area contributed by atoms with Crippen LogP contribution >= 0.6 is 0 Å². The summed E-state index contributed by atoms with van der Waals surface area (Å²) in [5.41, 5.74) is 7.24. The molecule has 1 heterocycles. The molecule has 3 atom stereocenters. The van der Waals surface area contributed by atoms with Crippen LogP contribution in [0.2, 0.25) is 0 Å². The molecule has 0 aromatic heterocycles. The average molecular weight is 318 g/mol. The van der Waals surface area contributed by atoms with Crippen molar-refractivity contribution in [3.05, 3.63) is 29.8 Å². The summed E-state index contributed by atoms with van der Waals surface area (Å²) in [6.07, 6.45) is 1.24. The third-order valence-electron chi connectivity index (χ3n) is 4.56. The van der Waals surface area contributed by atoms with Gasteiger partial charge in [-0.2, -0.15) is 0 Å². The third kappa shape index (κ3) is 4.47. The minimum Gasteiger partial charge on any atom is -0.481 e. The van der Waals surface area contributed by atoms with Gasteiger partial charge in [-0.3, -0.25) is 4.79 Å². The molecule has 1 aromatic carbocycles. The van der Waals surface area contributed by atoms with Gasteiger partial charge in [0.05, 0.1) is 0 Å². The quantitative estimate of drug-likeness (QED) is 0.932. The molecule has 2 rings (SSSR count). The Hall–Kier alpha value is -1.55. The van der Waals surface area contributed by atoms with Crippen LogP contribution in [0.1, 0.15) is 53.0 Å². The van der Waals surface area contributed by atoms with E-state index in [-0.39, 0.29) is 23.4 Å². The topological polar surface area (TPSA) is 55.6 Å². The second-order valence-corrected chi connectivity index (χ2v) is 7.70. The number of carbonyl (C=O) groups excluding carboxylic acids is 1. The molecule has 0 radical (unpaired) electrons. The second-order valence-electron chi connectivity index (χ2n) is 7.70. The van der Waals surface area contributed by atoms with Gasteiger partial charge in [-0.15, -0.1) is 0 Å². The number of nitrogens with two attached hydrogens (primary N) is 1. The van der Waals surface area contributed by atoms with Crippen molar-refractivity contribution in [2.24, 2.45) is 5.73 Å². The molecular weight excluding hydrogens is 288 g/mol. The fraction of sp³-hybridized carbons (Fsp3) is 0.632. The summed E-state index contributed by atoms with van der Waals surface area (Å²) in [5, 5.41) is 0. The van der Waals surface area contributed by atoms with Crippen LogP contribution in [0.5, 0.6) is 5.75 Å². The zero-order valence-electron chi connectivity index (χ0n) is 15.0. The molecule has 1 fully saturated rings. The number of rotatable bonds is 3. The van der Waals surface area contributed by atoms with E-state index in [1.807, 2.05) is 30.0 Å². The molecule has 1 amide bonds. The molecule has 1 aromatic rings. The molecule has 1 aliphatic heterocycles. The van der Waals surface area contributed by atoms with E-state index >= 15 is 0 Å². The van der Waals surface area contributed by atoms with Crippen LogP contribution in [0.4, 0.5) is 0 Å². The molecule has 0 spiro atoms. The number of hydrogen-bond donors (Lipinski definition) is 1. The molecule has 0 unspecified atom stereocenters. The first kappa shape index (κ1) is 17.8. The van der Waals surface area contributed by atoms with Crippen LogP contribution in [0, 0.1) is 0 Å². The van der Waals surface area contributed by atoms with E-state index in [1.54, 1.807) is 0 Å². The van der Waals surface area contributed by atoms with Crippen molar-refractivity contribution in [1.82, 2.24) is 4.90 Å². The summed E-state index contributed by atoms with van der Waals surface area (Å²) in [7, 11) is 0. The lowest BCUT2D eigenvalue weighted by Crippen LogP contribution is -2.51. The fourth-order valence-corrected chi connectivity index (χ4v) is 3.06. The number of ether oxygens (including phenoxy) is 1. The summed E-state index contributed by atoms with van der Waals surface area (Å²) in [4.78, 5) is 14.6. The Labute approximate surface area is 140 Å². The second kappa shape index (κ2) is 6.91. The number of hydrogen-bond acceptors (Lipinski definition) is 3. The van der Waals surface area contributed by atoms with Crippen LogP contribution in [-0.2, 0) is 10.2 Å². The summed E-state index contributed by atoms with van der Waals surface area (Å²) in [6, 6.07) is 8.39. The molecule has 1 aliphatic rings. The highest BCUT2D eigenvalue weighted by atomic mass is 16.5. The van der Waals surface area contributed by atoms with E-state index in [0.717, 1.165) is 25.1 Å². The molecule has 1 saturated heterocycles. The van der Waals surface area contributed by atoms with Crippen molar-refractivity contribution < 1.29 is 9.53 Å². The molecular formula is C19H30N2O2. The normalized spacial score (nSPS) is 23.5. The number of nitrogens with zero attached hydrogens (tertiary/aromatic N) is 1. The van der Waals surface area contributed by atoms with Gasteiger partial charge in [0.2, 0.25) is 0 Å². The molecule has 23 heavy (non-hydrogen) atoms. The zero-order valence-corrected chi connectivity index (χ0v) is 15.0. The van der Waals surface area contributed by atoms with Gasteiger partial charge >= 0.3 is 0 Å². The van der Waals surface area contributed by atoms with Gasteiger partial charge in [0.25, 0.3) is 5.91 Å². The lowest BCUT2D eigenvalue weighted by Gasteiger charge is -2.37. The highest BCUT2D eigenvalue weighted by Crippen LogP contribution is 2.26. The van der Waals surface area contributed by atoms with Gasteiger partial charge in [0, 0.05) is 18.6 Å². The predicted molar refractivity (Wildman–Crippen MR) is 93.6 cm³/mol.